The molecule has 0 N–H and O–H groups in total. The molecule has 328 valence electrons. The van der Waals surface area contributed by atoms with E-state index in [9.17, 15) is 0 Å². The maximum absolute atomic E-state index is 5.78. The summed E-state index contributed by atoms with van der Waals surface area (Å²) in [6.45, 7) is 0. The molecule has 0 aliphatic heterocycles. The topological polar surface area (TPSA) is 16.4 Å². The second-order valence-corrected chi connectivity index (χ2v) is 18.7. The molecule has 14 rings (SSSR count). The largest absolute Gasteiger partial charge is 0.464 e. The van der Waals surface area contributed by atoms with Crippen molar-refractivity contribution in [2.24, 2.45) is 0 Å². The van der Waals surface area contributed by atoms with Gasteiger partial charge in [0, 0.05) is 22.1 Å². The first-order valence-electron chi connectivity index (χ1n) is 24.2. The van der Waals surface area contributed by atoms with Crippen molar-refractivity contribution < 1.29 is 4.42 Å². The Balaban J connectivity index is 1.05. The van der Waals surface area contributed by atoms with Crippen LogP contribution in [0, 0.1) is 0 Å². The number of hydrogen-bond donors (Lipinski definition) is 0. The van der Waals surface area contributed by atoms with Crippen LogP contribution in [0.1, 0.15) is 44.5 Å². The fourth-order valence-corrected chi connectivity index (χ4v) is 12.4. The van der Waals surface area contributed by atoms with E-state index in [-0.39, 0.29) is 0 Å². The van der Waals surface area contributed by atoms with E-state index in [0.717, 1.165) is 39.0 Å². The number of benzene rings is 11. The summed E-state index contributed by atoms with van der Waals surface area (Å²) in [5.74, 6) is 0. The molecule has 12 aromatic rings. The Hall–Kier alpha value is -8.98. The van der Waals surface area contributed by atoms with Gasteiger partial charge < -0.3 is 9.32 Å². The first kappa shape index (κ1) is 40.1. The van der Waals surface area contributed by atoms with Gasteiger partial charge in [-0.2, -0.15) is 0 Å². The molecule has 2 heteroatoms. The molecule has 1 aromatic heterocycles. The van der Waals surface area contributed by atoms with Crippen LogP contribution in [0.2, 0.25) is 0 Å². The normalized spacial score (nSPS) is 13.7. The average molecular weight is 892 g/mol. The van der Waals surface area contributed by atoms with Crippen LogP contribution in [0.3, 0.4) is 0 Å². The van der Waals surface area contributed by atoms with Gasteiger partial charge in [0.1, 0.15) is 5.58 Å². The number of anilines is 3. The lowest BCUT2D eigenvalue weighted by atomic mass is 9.67. The molecule has 2 aliphatic rings. The summed E-state index contributed by atoms with van der Waals surface area (Å²) in [5.41, 5.74) is 20.6. The lowest BCUT2D eigenvalue weighted by molar-refractivity contribution is 0.616. The van der Waals surface area contributed by atoms with Gasteiger partial charge in [0.15, 0.2) is 0 Å². The summed E-state index contributed by atoms with van der Waals surface area (Å²) < 4.78 is 5.78. The monoisotopic (exact) mass is 891 g/mol. The average Bonchev–Trinajstić information content (AvgIpc) is 4.12. The Morgan fingerprint density at radius 2 is 0.771 bits per heavy atom. The second-order valence-electron chi connectivity index (χ2n) is 18.7. The first-order valence-corrected chi connectivity index (χ1v) is 24.2. The van der Waals surface area contributed by atoms with E-state index in [1.807, 2.05) is 6.07 Å². The summed E-state index contributed by atoms with van der Waals surface area (Å²) in [6, 6.07) is 98.9. The summed E-state index contributed by atoms with van der Waals surface area (Å²) in [6.07, 6.45) is 1.77. The zero-order valence-corrected chi connectivity index (χ0v) is 38.3. The molecule has 0 spiro atoms. The zero-order chi connectivity index (χ0) is 46.2. The van der Waals surface area contributed by atoms with Crippen molar-refractivity contribution in [3.8, 4) is 33.4 Å². The number of furan rings is 1. The summed E-state index contributed by atoms with van der Waals surface area (Å²) in [4.78, 5) is 2.52. The van der Waals surface area contributed by atoms with Gasteiger partial charge >= 0.3 is 0 Å². The summed E-state index contributed by atoms with van der Waals surface area (Å²) in [5, 5.41) is 3.44. The van der Waals surface area contributed by atoms with Gasteiger partial charge in [0.2, 0.25) is 0 Å². The van der Waals surface area contributed by atoms with Crippen LogP contribution in [0.5, 0.6) is 0 Å². The molecule has 0 bridgehead atoms. The molecular formula is C68H45NO. The number of rotatable bonds is 8. The van der Waals surface area contributed by atoms with Crippen LogP contribution in [-0.4, -0.2) is 0 Å². The van der Waals surface area contributed by atoms with E-state index in [1.54, 1.807) is 6.26 Å². The SMILES string of the molecule is c1ccc(C2(c3ccccc3)c3ccccc3-c3cc(N(c4ccc5c(c4)C(c4ccccc4)(c4ccccc4)c4ccccc4-5)c4ccc(-c5ccc6occc6c5)c5ccccc45)ccc32)cc1. The molecule has 2 aliphatic carbocycles. The Labute approximate surface area is 408 Å². The van der Waals surface area contributed by atoms with Gasteiger partial charge in [-0.1, -0.05) is 218 Å². The van der Waals surface area contributed by atoms with Crippen molar-refractivity contribution in [1.29, 1.82) is 0 Å². The van der Waals surface area contributed by atoms with Crippen molar-refractivity contribution >= 4 is 38.8 Å². The Bertz CT molecular complexity index is 3870. The molecular weight excluding hydrogens is 847 g/mol. The van der Waals surface area contributed by atoms with E-state index in [2.05, 4.69) is 266 Å². The highest BCUT2D eigenvalue weighted by molar-refractivity contribution is 6.07. The summed E-state index contributed by atoms with van der Waals surface area (Å²) >= 11 is 0. The first-order chi connectivity index (χ1) is 34.7. The quantitative estimate of drug-likeness (QED) is 0.151. The van der Waals surface area contributed by atoms with E-state index in [0.29, 0.717) is 0 Å². The molecule has 1 heterocycles. The van der Waals surface area contributed by atoms with Gasteiger partial charge in [-0.15, -0.1) is 0 Å². The molecule has 11 aromatic carbocycles. The predicted molar refractivity (Wildman–Crippen MR) is 288 cm³/mol. The second kappa shape index (κ2) is 15.8. The van der Waals surface area contributed by atoms with Crippen LogP contribution in [0.25, 0.3) is 55.1 Å². The van der Waals surface area contributed by atoms with Crippen molar-refractivity contribution in [1.82, 2.24) is 0 Å². The maximum Gasteiger partial charge on any atom is 0.133 e. The minimum absolute atomic E-state index is 0.507. The van der Waals surface area contributed by atoms with Gasteiger partial charge in [-0.05, 0) is 132 Å². The molecule has 2 nitrogen and oxygen atoms in total. The minimum atomic E-state index is -0.560. The molecule has 0 fully saturated rings. The van der Waals surface area contributed by atoms with Gasteiger partial charge in [-0.3, -0.25) is 0 Å². The van der Waals surface area contributed by atoms with E-state index in [1.165, 1.54) is 77.7 Å². The molecule has 0 saturated heterocycles. The lowest BCUT2D eigenvalue weighted by Crippen LogP contribution is -2.29. The third kappa shape index (κ3) is 5.74. The third-order valence-electron chi connectivity index (χ3n) is 15.3. The predicted octanol–water partition coefficient (Wildman–Crippen LogP) is 17.4. The highest BCUT2D eigenvalue weighted by atomic mass is 16.3. The molecule has 0 unspecified atom stereocenters. The van der Waals surface area contributed by atoms with Crippen molar-refractivity contribution in [3.05, 3.63) is 318 Å². The third-order valence-corrected chi connectivity index (χ3v) is 15.3. The molecule has 0 amide bonds. The van der Waals surface area contributed by atoms with E-state index < -0.39 is 10.8 Å². The van der Waals surface area contributed by atoms with Crippen molar-refractivity contribution in [2.75, 3.05) is 4.90 Å². The van der Waals surface area contributed by atoms with Crippen LogP contribution in [0.15, 0.2) is 278 Å². The fourth-order valence-electron chi connectivity index (χ4n) is 12.4. The van der Waals surface area contributed by atoms with Crippen LogP contribution >= 0.6 is 0 Å². The van der Waals surface area contributed by atoms with Gasteiger partial charge in [0.25, 0.3) is 0 Å². The maximum atomic E-state index is 5.78. The lowest BCUT2D eigenvalue weighted by Gasteiger charge is -2.35. The highest BCUT2D eigenvalue weighted by Gasteiger charge is 2.48. The zero-order valence-electron chi connectivity index (χ0n) is 38.3. The Morgan fingerprint density at radius 1 is 0.300 bits per heavy atom. The smallest absolute Gasteiger partial charge is 0.133 e. The van der Waals surface area contributed by atoms with Crippen LogP contribution in [0.4, 0.5) is 17.1 Å². The molecule has 0 saturated carbocycles. The Morgan fingerprint density at radius 3 is 1.40 bits per heavy atom. The van der Waals surface area contributed by atoms with E-state index >= 15 is 0 Å². The number of hydrogen-bond acceptors (Lipinski definition) is 2. The number of fused-ring (bicyclic) bond motifs is 8. The Kier molecular flexibility index (Phi) is 9.06. The van der Waals surface area contributed by atoms with E-state index in [4.69, 9.17) is 4.42 Å². The highest BCUT2D eigenvalue weighted by Crippen LogP contribution is 2.60. The van der Waals surface area contributed by atoms with Crippen molar-refractivity contribution in [2.45, 2.75) is 10.8 Å². The summed E-state index contributed by atoms with van der Waals surface area (Å²) in [7, 11) is 0. The van der Waals surface area contributed by atoms with Gasteiger partial charge in [-0.25, -0.2) is 0 Å². The van der Waals surface area contributed by atoms with Crippen molar-refractivity contribution in [3.63, 3.8) is 0 Å². The molecule has 0 atom stereocenters. The fraction of sp³-hybridized carbons (Fsp3) is 0.0294. The van der Waals surface area contributed by atoms with Crippen LogP contribution < -0.4 is 4.90 Å². The minimum Gasteiger partial charge on any atom is -0.464 e. The number of nitrogens with zero attached hydrogens (tertiary/aromatic N) is 1. The molecule has 0 radical (unpaired) electrons. The van der Waals surface area contributed by atoms with Gasteiger partial charge in [0.05, 0.1) is 22.8 Å². The molecule has 70 heavy (non-hydrogen) atoms. The van der Waals surface area contributed by atoms with Crippen LogP contribution in [-0.2, 0) is 10.8 Å². The standard InChI is InChI=1S/C68H45NO/c1-5-19-48(20-6-1)67(49-21-7-2-8-22-49)62-32-18-16-29-57(62)60-44-52(35-38-63(60)67)69(65-39-37-54(55-27-13-14-30-59(55)65)46-33-40-66-47(43-46)41-42-70-66)53-34-36-58-56-28-15-17-31-61(56)68(64(58)45-53,50-23-9-3-10-24-50)51-25-11-4-12-26-51/h1-45H.